The highest BCUT2D eigenvalue weighted by Crippen LogP contribution is 2.18. The molecule has 0 aliphatic heterocycles. The van der Waals surface area contributed by atoms with Gasteiger partial charge < -0.3 is 10.5 Å². The number of aliphatic hydroxyl groups excluding tert-OH is 1. The van der Waals surface area contributed by atoms with Crippen molar-refractivity contribution in [2.75, 3.05) is 0 Å². The fourth-order valence-corrected chi connectivity index (χ4v) is 1.31. The van der Waals surface area contributed by atoms with E-state index in [0.29, 0.717) is 18.6 Å². The Morgan fingerprint density at radius 1 is 1.36 bits per heavy atom. The van der Waals surface area contributed by atoms with Crippen LogP contribution in [0.2, 0.25) is 0 Å². The molecule has 0 aliphatic rings. The Labute approximate surface area is 85.1 Å². The minimum atomic E-state index is -0.434. The van der Waals surface area contributed by atoms with E-state index in [1.165, 1.54) is 5.56 Å². The van der Waals surface area contributed by atoms with Crippen molar-refractivity contribution in [1.29, 1.82) is 5.41 Å². The molecule has 0 amide bonds. The third-order valence-corrected chi connectivity index (χ3v) is 2.25. The zero-order valence-electron chi connectivity index (χ0n) is 8.75. The zero-order chi connectivity index (χ0) is 10.6. The van der Waals surface area contributed by atoms with Crippen LogP contribution in [-0.4, -0.2) is 10.8 Å². The molecule has 76 valence electrons. The van der Waals surface area contributed by atoms with Gasteiger partial charge in [-0.25, -0.2) is 0 Å². The van der Waals surface area contributed by atoms with Gasteiger partial charge in [-0.05, 0) is 32.3 Å². The smallest absolute Gasteiger partial charge is 0.0793 e. The van der Waals surface area contributed by atoms with Crippen molar-refractivity contribution in [2.45, 2.75) is 32.8 Å². The number of hydrogen-bond acceptors (Lipinski definition) is 2. The van der Waals surface area contributed by atoms with Crippen LogP contribution in [0.4, 0.5) is 0 Å². The average Bonchev–Trinajstić information content (AvgIpc) is 2.15. The summed E-state index contributed by atoms with van der Waals surface area (Å²) in [5.74, 6) is 0. The third-order valence-electron chi connectivity index (χ3n) is 2.25. The summed E-state index contributed by atoms with van der Waals surface area (Å²) in [6.07, 6.45) is 0.865. The number of rotatable bonds is 4. The summed E-state index contributed by atoms with van der Waals surface area (Å²) in [6.45, 7) is 3.79. The van der Waals surface area contributed by atoms with Crippen molar-refractivity contribution in [3.63, 3.8) is 0 Å². The zero-order valence-corrected chi connectivity index (χ0v) is 8.75. The van der Waals surface area contributed by atoms with E-state index in [1.54, 1.807) is 6.92 Å². The van der Waals surface area contributed by atoms with Gasteiger partial charge in [0.05, 0.1) is 6.10 Å². The van der Waals surface area contributed by atoms with E-state index in [2.05, 4.69) is 0 Å². The van der Waals surface area contributed by atoms with Crippen LogP contribution >= 0.6 is 0 Å². The van der Waals surface area contributed by atoms with Crippen LogP contribution in [-0.2, 0) is 0 Å². The highest BCUT2D eigenvalue weighted by Gasteiger charge is 2.06. The monoisotopic (exact) mass is 191 g/mol. The van der Waals surface area contributed by atoms with Gasteiger partial charge in [0, 0.05) is 5.71 Å². The number of aliphatic hydroxyl groups is 1. The molecule has 1 aromatic rings. The second-order valence-corrected chi connectivity index (χ2v) is 3.75. The molecule has 0 bridgehead atoms. The summed E-state index contributed by atoms with van der Waals surface area (Å²) in [6, 6.07) is 7.88. The molecular weight excluding hydrogens is 174 g/mol. The Kier molecular flexibility index (Phi) is 3.84. The van der Waals surface area contributed by atoms with Crippen LogP contribution in [0.15, 0.2) is 24.3 Å². The van der Waals surface area contributed by atoms with Gasteiger partial charge >= 0.3 is 0 Å². The molecule has 2 nitrogen and oxygen atoms in total. The van der Waals surface area contributed by atoms with Crippen LogP contribution in [0, 0.1) is 12.3 Å². The maximum absolute atomic E-state index is 9.76. The van der Waals surface area contributed by atoms with Crippen molar-refractivity contribution >= 4 is 5.71 Å². The second-order valence-electron chi connectivity index (χ2n) is 3.75. The SMILES string of the molecule is CC(=N)CC[C@H](O)c1ccc(C)cc1. The Bertz CT molecular complexity index is 303. The standard InChI is InChI=1S/C12H17NO/c1-9-3-6-11(7-4-9)12(14)8-5-10(2)13/h3-4,6-7,12-14H,5,8H2,1-2H3/t12-/m0/s1. The van der Waals surface area contributed by atoms with Crippen LogP contribution in [0.3, 0.4) is 0 Å². The predicted molar refractivity (Wildman–Crippen MR) is 58.8 cm³/mol. The Morgan fingerprint density at radius 2 is 1.93 bits per heavy atom. The maximum atomic E-state index is 9.76. The molecule has 2 heteroatoms. The van der Waals surface area contributed by atoms with Crippen molar-refractivity contribution in [1.82, 2.24) is 0 Å². The highest BCUT2D eigenvalue weighted by atomic mass is 16.3. The molecule has 0 unspecified atom stereocenters. The molecule has 0 fully saturated rings. The average molecular weight is 191 g/mol. The fourth-order valence-electron chi connectivity index (χ4n) is 1.31. The lowest BCUT2D eigenvalue weighted by molar-refractivity contribution is 0.170. The highest BCUT2D eigenvalue weighted by molar-refractivity contribution is 5.78. The first-order valence-corrected chi connectivity index (χ1v) is 4.88. The number of nitrogens with one attached hydrogen (secondary N) is 1. The van der Waals surface area contributed by atoms with Crippen LogP contribution in [0.25, 0.3) is 0 Å². The van der Waals surface area contributed by atoms with Gasteiger partial charge in [-0.15, -0.1) is 0 Å². The molecule has 0 aliphatic carbocycles. The molecular formula is C12H17NO. The maximum Gasteiger partial charge on any atom is 0.0793 e. The Balaban J connectivity index is 2.56. The van der Waals surface area contributed by atoms with Crippen molar-refractivity contribution in [3.8, 4) is 0 Å². The van der Waals surface area contributed by atoms with E-state index in [0.717, 1.165) is 5.56 Å². The first-order valence-electron chi connectivity index (χ1n) is 4.88. The number of hydrogen-bond donors (Lipinski definition) is 2. The van der Waals surface area contributed by atoms with Gasteiger partial charge in [-0.2, -0.15) is 0 Å². The minimum Gasteiger partial charge on any atom is -0.388 e. The summed E-state index contributed by atoms with van der Waals surface area (Å²) in [5.41, 5.74) is 2.76. The molecule has 0 heterocycles. The first kappa shape index (κ1) is 10.9. The van der Waals surface area contributed by atoms with Gasteiger partial charge in [0.2, 0.25) is 0 Å². The quantitative estimate of drug-likeness (QED) is 0.706. The van der Waals surface area contributed by atoms with Crippen LogP contribution < -0.4 is 0 Å². The third kappa shape index (κ3) is 3.30. The summed E-state index contributed by atoms with van der Waals surface area (Å²) in [4.78, 5) is 0. The molecule has 1 atom stereocenters. The van der Waals surface area contributed by atoms with E-state index in [9.17, 15) is 5.11 Å². The normalized spacial score (nSPS) is 12.5. The second kappa shape index (κ2) is 4.91. The molecule has 0 saturated carbocycles. The molecule has 0 radical (unpaired) electrons. The van der Waals surface area contributed by atoms with Gasteiger partial charge in [-0.1, -0.05) is 29.8 Å². The Hall–Kier alpha value is -1.15. The van der Waals surface area contributed by atoms with Gasteiger partial charge in [0.15, 0.2) is 0 Å². The largest absolute Gasteiger partial charge is 0.388 e. The lowest BCUT2D eigenvalue weighted by atomic mass is 10.0. The molecule has 1 aromatic carbocycles. The van der Waals surface area contributed by atoms with Crippen LogP contribution in [0.1, 0.15) is 37.0 Å². The summed E-state index contributed by atoms with van der Waals surface area (Å²) >= 11 is 0. The molecule has 0 spiro atoms. The van der Waals surface area contributed by atoms with E-state index in [4.69, 9.17) is 5.41 Å². The van der Waals surface area contributed by atoms with Gasteiger partial charge in [0.1, 0.15) is 0 Å². The first-order chi connectivity index (χ1) is 6.59. The number of aryl methyl sites for hydroxylation is 1. The van der Waals surface area contributed by atoms with E-state index in [-0.39, 0.29) is 0 Å². The molecule has 0 saturated heterocycles. The topological polar surface area (TPSA) is 44.1 Å². The van der Waals surface area contributed by atoms with E-state index < -0.39 is 6.10 Å². The minimum absolute atomic E-state index is 0.434. The lowest BCUT2D eigenvalue weighted by Gasteiger charge is -2.10. The summed E-state index contributed by atoms with van der Waals surface area (Å²) < 4.78 is 0. The van der Waals surface area contributed by atoms with E-state index >= 15 is 0 Å². The van der Waals surface area contributed by atoms with Crippen molar-refractivity contribution in [3.05, 3.63) is 35.4 Å². The van der Waals surface area contributed by atoms with Crippen molar-refractivity contribution < 1.29 is 5.11 Å². The predicted octanol–water partition coefficient (Wildman–Crippen LogP) is 2.85. The van der Waals surface area contributed by atoms with Gasteiger partial charge in [-0.3, -0.25) is 0 Å². The van der Waals surface area contributed by atoms with Gasteiger partial charge in [0.25, 0.3) is 0 Å². The van der Waals surface area contributed by atoms with Crippen molar-refractivity contribution in [2.24, 2.45) is 0 Å². The molecule has 14 heavy (non-hydrogen) atoms. The van der Waals surface area contributed by atoms with E-state index in [1.807, 2.05) is 31.2 Å². The lowest BCUT2D eigenvalue weighted by Crippen LogP contribution is -2.00. The number of benzene rings is 1. The molecule has 0 aromatic heterocycles. The van der Waals surface area contributed by atoms with Crippen LogP contribution in [0.5, 0.6) is 0 Å². The fraction of sp³-hybridized carbons (Fsp3) is 0.417. The summed E-state index contributed by atoms with van der Waals surface area (Å²) in [5, 5.41) is 17.0. The molecule has 2 N–H and O–H groups in total. The molecule has 1 rings (SSSR count). The Morgan fingerprint density at radius 3 is 2.43 bits per heavy atom. The summed E-state index contributed by atoms with van der Waals surface area (Å²) in [7, 11) is 0.